The average molecular weight is 663 g/mol. The van der Waals surface area contributed by atoms with Crippen LogP contribution in [0.2, 0.25) is 6.55 Å². The molecule has 0 bridgehead atoms. The lowest BCUT2D eigenvalue weighted by Crippen LogP contribution is -2.49. The molecule has 0 aliphatic heterocycles. The number of hydrogen-bond acceptors (Lipinski definition) is 4. The second-order valence-electron chi connectivity index (χ2n) is 13.1. The Bertz CT molecular complexity index is 1990. The van der Waals surface area contributed by atoms with Gasteiger partial charge < -0.3 is 18.7 Å². The summed E-state index contributed by atoms with van der Waals surface area (Å²) in [6.07, 6.45) is 0. The van der Waals surface area contributed by atoms with Crippen LogP contribution in [0.1, 0.15) is 27.8 Å². The minimum atomic E-state index is -2.43. The molecule has 0 aliphatic carbocycles. The maximum Gasteiger partial charge on any atom is 0.368 e. The van der Waals surface area contributed by atoms with Crippen LogP contribution in [0.4, 0.5) is 34.1 Å². The Balaban J connectivity index is 1.37. The smallest absolute Gasteiger partial charge is 0.368 e. The number of anilines is 6. The Kier molecular flexibility index (Phi) is 9.88. The minimum Gasteiger partial charge on any atom is -0.394 e. The van der Waals surface area contributed by atoms with Crippen LogP contribution in [0.5, 0.6) is 0 Å². The van der Waals surface area contributed by atoms with Gasteiger partial charge in [0.05, 0.1) is 0 Å². The molecule has 0 atom stereocenters. The summed E-state index contributed by atoms with van der Waals surface area (Å²) >= 11 is 0. The Morgan fingerprint density at radius 3 is 1.00 bits per heavy atom. The molecule has 0 saturated heterocycles. The van der Waals surface area contributed by atoms with Crippen molar-refractivity contribution < 1.29 is 8.85 Å². The molecule has 6 aromatic rings. The topological polar surface area (TPSA) is 24.9 Å². The molecule has 0 heterocycles. The predicted octanol–water partition coefficient (Wildman–Crippen LogP) is 11.4. The highest BCUT2D eigenvalue weighted by Crippen LogP contribution is 2.41. The van der Waals surface area contributed by atoms with Crippen molar-refractivity contribution in [3.05, 3.63) is 161 Å². The molecule has 0 aromatic heterocycles. The first kappa shape index (κ1) is 33.9. The zero-order chi connectivity index (χ0) is 34.7. The van der Waals surface area contributed by atoms with Crippen molar-refractivity contribution in [2.75, 3.05) is 24.0 Å². The van der Waals surface area contributed by atoms with Crippen LogP contribution >= 0.6 is 0 Å². The summed E-state index contributed by atoms with van der Waals surface area (Å²) in [6.45, 7) is 12.9. The van der Waals surface area contributed by atoms with Gasteiger partial charge in [0.2, 0.25) is 0 Å². The SMILES string of the molecule is CO[Si](C)(OC)c1ccc(N(c2ccc(C)cc2)c2ccc(-c3ccc(N(c4ccc(C)cc4)c4ccc(C)cc4)c(C)c3)cc2C)cc1. The van der Waals surface area contributed by atoms with Crippen LogP contribution in [0.25, 0.3) is 11.1 Å². The number of rotatable bonds is 10. The van der Waals surface area contributed by atoms with Crippen molar-refractivity contribution in [1.29, 1.82) is 0 Å². The first-order valence-electron chi connectivity index (χ1n) is 16.8. The van der Waals surface area contributed by atoms with E-state index in [2.05, 4.69) is 184 Å². The maximum absolute atomic E-state index is 5.81. The van der Waals surface area contributed by atoms with Crippen molar-refractivity contribution in [2.24, 2.45) is 0 Å². The van der Waals surface area contributed by atoms with Gasteiger partial charge in [-0.1, -0.05) is 77.4 Å². The van der Waals surface area contributed by atoms with Gasteiger partial charge in [-0.25, -0.2) is 0 Å². The molecule has 0 saturated carbocycles. The van der Waals surface area contributed by atoms with Gasteiger partial charge in [-0.3, -0.25) is 0 Å². The molecular formula is C44H46N2O2Si. The Morgan fingerprint density at radius 1 is 0.408 bits per heavy atom. The molecule has 0 amide bonds. The summed E-state index contributed by atoms with van der Waals surface area (Å²) in [5.41, 5.74) is 15.3. The quantitative estimate of drug-likeness (QED) is 0.136. The van der Waals surface area contributed by atoms with E-state index in [1.54, 1.807) is 14.2 Å². The summed E-state index contributed by atoms with van der Waals surface area (Å²) < 4.78 is 11.6. The Hall–Kier alpha value is -4.94. The second-order valence-corrected chi connectivity index (χ2v) is 16.4. The highest BCUT2D eigenvalue weighted by molar-refractivity contribution is 6.79. The summed E-state index contributed by atoms with van der Waals surface area (Å²) in [4.78, 5) is 4.68. The molecule has 0 radical (unpaired) electrons. The average Bonchev–Trinajstić information content (AvgIpc) is 3.12. The fourth-order valence-corrected chi connectivity index (χ4v) is 7.75. The van der Waals surface area contributed by atoms with E-state index in [9.17, 15) is 0 Å². The highest BCUT2D eigenvalue weighted by Gasteiger charge is 2.31. The third kappa shape index (κ3) is 7.11. The van der Waals surface area contributed by atoms with E-state index in [1.165, 1.54) is 44.6 Å². The monoisotopic (exact) mass is 662 g/mol. The normalized spacial score (nSPS) is 11.4. The van der Waals surface area contributed by atoms with Gasteiger partial charge in [0.25, 0.3) is 0 Å². The molecular weight excluding hydrogens is 617 g/mol. The second kappa shape index (κ2) is 14.3. The van der Waals surface area contributed by atoms with Crippen LogP contribution in [-0.2, 0) is 8.85 Å². The zero-order valence-corrected chi connectivity index (χ0v) is 30.9. The molecule has 0 unspecified atom stereocenters. The summed E-state index contributed by atoms with van der Waals surface area (Å²) in [5, 5.41) is 1.10. The molecule has 248 valence electrons. The van der Waals surface area contributed by atoms with Gasteiger partial charge in [0, 0.05) is 48.3 Å². The fourth-order valence-electron chi connectivity index (χ4n) is 6.34. The highest BCUT2D eigenvalue weighted by atomic mass is 28.4. The van der Waals surface area contributed by atoms with Gasteiger partial charge in [-0.2, -0.15) is 0 Å². The van der Waals surface area contributed by atoms with Crippen LogP contribution in [-0.4, -0.2) is 22.8 Å². The largest absolute Gasteiger partial charge is 0.394 e. The van der Waals surface area contributed by atoms with Gasteiger partial charge >= 0.3 is 8.56 Å². The summed E-state index contributed by atoms with van der Waals surface area (Å²) in [7, 11) is 1.02. The minimum absolute atomic E-state index is 1.08. The molecule has 49 heavy (non-hydrogen) atoms. The molecule has 0 N–H and O–H groups in total. The predicted molar refractivity (Wildman–Crippen MR) is 210 cm³/mol. The Labute approximate surface area is 293 Å². The summed E-state index contributed by atoms with van der Waals surface area (Å²) in [6, 6.07) is 48.4. The number of hydrogen-bond donors (Lipinski definition) is 0. The van der Waals surface area contributed by atoms with Crippen LogP contribution < -0.4 is 15.0 Å². The van der Waals surface area contributed by atoms with Gasteiger partial charge in [0.15, 0.2) is 0 Å². The molecule has 6 aromatic carbocycles. The third-order valence-corrected chi connectivity index (χ3v) is 12.5. The molecule has 6 rings (SSSR count). The van der Waals surface area contributed by atoms with E-state index in [1.807, 2.05) is 0 Å². The zero-order valence-electron chi connectivity index (χ0n) is 29.9. The van der Waals surface area contributed by atoms with Crippen molar-refractivity contribution in [3.63, 3.8) is 0 Å². The lowest BCUT2D eigenvalue weighted by atomic mass is 9.98. The van der Waals surface area contributed by atoms with Crippen LogP contribution in [0.3, 0.4) is 0 Å². The van der Waals surface area contributed by atoms with E-state index < -0.39 is 8.56 Å². The van der Waals surface area contributed by atoms with Gasteiger partial charge in [-0.05, 0) is 141 Å². The number of aryl methyl sites for hydroxylation is 5. The first-order valence-corrected chi connectivity index (χ1v) is 19.1. The molecule has 0 aliphatic rings. The van der Waals surface area contributed by atoms with Crippen molar-refractivity contribution >= 4 is 47.9 Å². The third-order valence-electron chi connectivity index (χ3n) is 9.51. The van der Waals surface area contributed by atoms with Gasteiger partial charge in [0.1, 0.15) is 0 Å². The Morgan fingerprint density at radius 2 is 0.714 bits per heavy atom. The first-order chi connectivity index (χ1) is 23.6. The summed E-state index contributed by atoms with van der Waals surface area (Å²) in [5.74, 6) is 0. The van der Waals surface area contributed by atoms with E-state index in [-0.39, 0.29) is 0 Å². The van der Waals surface area contributed by atoms with Crippen molar-refractivity contribution in [1.82, 2.24) is 0 Å². The van der Waals surface area contributed by atoms with Crippen molar-refractivity contribution in [2.45, 2.75) is 41.2 Å². The number of benzene rings is 6. The van der Waals surface area contributed by atoms with Crippen molar-refractivity contribution in [3.8, 4) is 11.1 Å². The molecule has 0 fully saturated rings. The standard InChI is InChI=1S/C44H46N2O2Si/c1-31-9-17-38(18-10-31)45(39-19-11-32(2)12-20-39)43-27-15-36(29-34(43)4)37-16-28-44(35(5)30-37)46(40-21-13-33(3)14-22-40)41-23-25-42(26-24-41)49(8,47-6)48-7/h9-30H,1-8H3. The lowest BCUT2D eigenvalue weighted by molar-refractivity contribution is 0.265. The molecule has 4 nitrogen and oxygen atoms in total. The van der Waals surface area contributed by atoms with Crippen LogP contribution in [0, 0.1) is 34.6 Å². The number of nitrogens with zero attached hydrogens (tertiary/aromatic N) is 2. The molecule has 5 heteroatoms. The van der Waals surface area contributed by atoms with E-state index >= 15 is 0 Å². The van der Waals surface area contributed by atoms with Gasteiger partial charge in [-0.15, -0.1) is 0 Å². The van der Waals surface area contributed by atoms with E-state index in [0.717, 1.165) is 33.6 Å². The molecule has 0 spiro atoms. The maximum atomic E-state index is 5.81. The van der Waals surface area contributed by atoms with Crippen LogP contribution in [0.15, 0.2) is 133 Å². The fraction of sp³-hybridized carbons (Fsp3) is 0.182. The van der Waals surface area contributed by atoms with E-state index in [0.29, 0.717) is 0 Å². The van der Waals surface area contributed by atoms with E-state index in [4.69, 9.17) is 8.85 Å². The lowest BCUT2D eigenvalue weighted by Gasteiger charge is -2.29.